The summed E-state index contributed by atoms with van der Waals surface area (Å²) >= 11 is 0. The first kappa shape index (κ1) is 26.1. The topological polar surface area (TPSA) is 93.9 Å². The second kappa shape index (κ2) is 10.2. The molecule has 3 aliphatic rings. The lowest BCUT2D eigenvalue weighted by molar-refractivity contribution is -0.175. The molecule has 0 spiro atoms. The van der Waals surface area contributed by atoms with Gasteiger partial charge in [-0.1, -0.05) is 26.0 Å². The SMILES string of the molecule is CC(C)CCN(C)C(=O)OCc1c(-c2ccc(C34CCC(CC(=O)O)(CC3)OC4)c(F)c2)cnn1C. The lowest BCUT2D eigenvalue weighted by Crippen LogP contribution is -2.54. The maximum Gasteiger partial charge on any atom is 0.409 e. The minimum Gasteiger partial charge on any atom is -0.481 e. The van der Waals surface area contributed by atoms with E-state index in [-0.39, 0.29) is 18.8 Å². The van der Waals surface area contributed by atoms with E-state index in [4.69, 9.17) is 9.47 Å². The van der Waals surface area contributed by atoms with Crippen molar-refractivity contribution in [3.8, 4) is 11.1 Å². The van der Waals surface area contributed by atoms with Crippen LogP contribution in [0.3, 0.4) is 0 Å². The van der Waals surface area contributed by atoms with E-state index in [0.29, 0.717) is 67.1 Å². The summed E-state index contributed by atoms with van der Waals surface area (Å²) < 4.78 is 28.7. The molecule has 1 saturated carbocycles. The van der Waals surface area contributed by atoms with E-state index < -0.39 is 23.1 Å². The summed E-state index contributed by atoms with van der Waals surface area (Å²) in [6.45, 7) is 5.18. The highest BCUT2D eigenvalue weighted by Crippen LogP contribution is 2.52. The first-order valence-electron chi connectivity index (χ1n) is 12.6. The van der Waals surface area contributed by atoms with E-state index in [2.05, 4.69) is 18.9 Å². The Labute approximate surface area is 211 Å². The van der Waals surface area contributed by atoms with Gasteiger partial charge < -0.3 is 19.5 Å². The van der Waals surface area contributed by atoms with Crippen molar-refractivity contribution in [3.63, 3.8) is 0 Å². The maximum atomic E-state index is 15.5. The quantitative estimate of drug-likeness (QED) is 0.526. The second-order valence-corrected chi connectivity index (χ2v) is 10.8. The minimum atomic E-state index is -0.861. The number of amides is 1. The molecule has 9 heteroatoms. The number of carboxylic acids is 1. The van der Waals surface area contributed by atoms with Crippen LogP contribution in [-0.4, -0.2) is 57.6 Å². The number of benzene rings is 1. The largest absolute Gasteiger partial charge is 0.481 e. The number of carbonyl (C=O) groups excluding carboxylic acids is 1. The Morgan fingerprint density at radius 3 is 2.58 bits per heavy atom. The molecular weight excluding hydrogens is 465 g/mol. The fourth-order valence-electron chi connectivity index (χ4n) is 5.39. The van der Waals surface area contributed by atoms with Crippen LogP contribution < -0.4 is 0 Å². The van der Waals surface area contributed by atoms with Crippen molar-refractivity contribution in [2.75, 3.05) is 20.2 Å². The zero-order valence-corrected chi connectivity index (χ0v) is 21.6. The third kappa shape index (κ3) is 5.26. The fraction of sp³-hybridized carbons (Fsp3) is 0.593. The molecule has 2 aliphatic heterocycles. The molecule has 5 rings (SSSR count). The highest BCUT2D eigenvalue weighted by atomic mass is 19.1. The number of aromatic nitrogens is 2. The molecule has 0 atom stereocenters. The normalized spacial score (nSPS) is 23.2. The van der Waals surface area contributed by atoms with Crippen molar-refractivity contribution in [1.82, 2.24) is 14.7 Å². The molecule has 196 valence electrons. The van der Waals surface area contributed by atoms with Crippen LogP contribution in [0, 0.1) is 11.7 Å². The number of aryl methyl sites for hydroxylation is 1. The molecule has 2 aromatic rings. The molecule has 2 bridgehead atoms. The Balaban J connectivity index is 1.48. The fourth-order valence-corrected chi connectivity index (χ4v) is 5.39. The highest BCUT2D eigenvalue weighted by Gasteiger charge is 2.52. The molecule has 3 fully saturated rings. The first-order valence-corrected chi connectivity index (χ1v) is 12.6. The van der Waals surface area contributed by atoms with Gasteiger partial charge >= 0.3 is 12.1 Å². The van der Waals surface area contributed by atoms with Gasteiger partial charge in [0, 0.05) is 31.6 Å². The van der Waals surface area contributed by atoms with Gasteiger partial charge in [-0.15, -0.1) is 0 Å². The molecule has 1 aromatic heterocycles. The molecule has 0 radical (unpaired) electrons. The Morgan fingerprint density at radius 1 is 1.28 bits per heavy atom. The van der Waals surface area contributed by atoms with Crippen LogP contribution >= 0.6 is 0 Å². The van der Waals surface area contributed by atoms with Crippen LogP contribution in [0.15, 0.2) is 24.4 Å². The van der Waals surface area contributed by atoms with E-state index in [1.54, 1.807) is 29.9 Å². The Morgan fingerprint density at radius 2 is 2.00 bits per heavy atom. The molecule has 1 aliphatic carbocycles. The highest BCUT2D eigenvalue weighted by molar-refractivity contribution is 5.69. The number of hydrogen-bond acceptors (Lipinski definition) is 5. The number of aliphatic carboxylic acids is 1. The molecule has 1 aromatic carbocycles. The number of nitrogens with zero attached hydrogens (tertiary/aromatic N) is 3. The summed E-state index contributed by atoms with van der Waals surface area (Å²) in [5.41, 5.74) is 1.61. The average molecular weight is 502 g/mol. The van der Waals surface area contributed by atoms with Gasteiger partial charge in [-0.05, 0) is 55.2 Å². The van der Waals surface area contributed by atoms with Gasteiger partial charge in [0.1, 0.15) is 12.4 Å². The summed E-state index contributed by atoms with van der Waals surface area (Å²) in [5.74, 6) is -0.688. The van der Waals surface area contributed by atoms with Gasteiger partial charge in [-0.25, -0.2) is 9.18 Å². The predicted octanol–water partition coefficient (Wildman–Crippen LogP) is 4.90. The average Bonchev–Trinajstić information content (AvgIpc) is 3.21. The van der Waals surface area contributed by atoms with Crippen LogP contribution in [-0.2, 0) is 33.3 Å². The van der Waals surface area contributed by atoms with Gasteiger partial charge in [-0.2, -0.15) is 5.10 Å². The molecule has 1 N–H and O–H groups in total. The number of rotatable bonds is 9. The van der Waals surface area contributed by atoms with Crippen molar-refractivity contribution in [1.29, 1.82) is 0 Å². The van der Waals surface area contributed by atoms with E-state index in [1.165, 1.54) is 6.07 Å². The zero-order chi connectivity index (χ0) is 26.1. The van der Waals surface area contributed by atoms with Crippen LogP contribution in [0.4, 0.5) is 9.18 Å². The van der Waals surface area contributed by atoms with E-state index >= 15 is 4.39 Å². The van der Waals surface area contributed by atoms with Gasteiger partial charge in [0.2, 0.25) is 0 Å². The third-order valence-electron chi connectivity index (χ3n) is 7.85. The van der Waals surface area contributed by atoms with Gasteiger partial charge in [-0.3, -0.25) is 9.48 Å². The number of ether oxygens (including phenoxy) is 2. The maximum absolute atomic E-state index is 15.5. The smallest absolute Gasteiger partial charge is 0.409 e. The van der Waals surface area contributed by atoms with E-state index in [0.717, 1.165) is 6.42 Å². The zero-order valence-electron chi connectivity index (χ0n) is 21.6. The lowest BCUT2D eigenvalue weighted by Gasteiger charge is -2.53. The number of fused-ring (bicyclic) bond motifs is 3. The Kier molecular flexibility index (Phi) is 7.41. The second-order valence-electron chi connectivity index (χ2n) is 10.8. The number of hydrogen-bond donors (Lipinski definition) is 1. The number of carboxylic acid groups (broad SMARTS) is 1. The van der Waals surface area contributed by atoms with E-state index in [9.17, 15) is 14.7 Å². The molecule has 36 heavy (non-hydrogen) atoms. The summed E-state index contributed by atoms with van der Waals surface area (Å²) in [6.07, 6.45) is 4.77. The summed E-state index contributed by atoms with van der Waals surface area (Å²) in [5, 5.41) is 13.5. The molecular formula is C27H36FN3O5. The van der Waals surface area contributed by atoms with Crippen molar-refractivity contribution in [3.05, 3.63) is 41.5 Å². The van der Waals surface area contributed by atoms with E-state index in [1.807, 2.05) is 12.1 Å². The summed E-state index contributed by atoms with van der Waals surface area (Å²) in [6, 6.07) is 5.19. The van der Waals surface area contributed by atoms with Crippen LogP contribution in [0.2, 0.25) is 0 Å². The van der Waals surface area contributed by atoms with Crippen LogP contribution in [0.1, 0.15) is 63.6 Å². The molecule has 3 heterocycles. The van der Waals surface area contributed by atoms with Crippen LogP contribution in [0.25, 0.3) is 11.1 Å². The van der Waals surface area contributed by atoms with Crippen molar-refractivity contribution in [2.24, 2.45) is 13.0 Å². The summed E-state index contributed by atoms with van der Waals surface area (Å²) in [4.78, 5) is 25.2. The van der Waals surface area contributed by atoms with Crippen LogP contribution in [0.5, 0.6) is 0 Å². The minimum absolute atomic E-state index is 0.00756. The molecule has 0 unspecified atom stereocenters. The van der Waals surface area contributed by atoms with Crippen molar-refractivity contribution < 1.29 is 28.6 Å². The molecule has 8 nitrogen and oxygen atoms in total. The predicted molar refractivity (Wildman–Crippen MR) is 132 cm³/mol. The number of halogens is 1. The third-order valence-corrected chi connectivity index (χ3v) is 7.85. The number of carbonyl (C=O) groups is 2. The standard InChI is InChI=1S/C27H36FN3O5/c1-18(2)7-12-30(3)25(34)35-16-23-20(15-29-31(23)4)19-5-6-21(22(28)13-19)26-8-10-27(11-9-26,36-17-26)14-24(32)33/h5-6,13,15,18H,7-12,14,16-17H2,1-4H3,(H,32,33). The van der Waals surface area contributed by atoms with Gasteiger partial charge in [0.25, 0.3) is 0 Å². The van der Waals surface area contributed by atoms with Crippen molar-refractivity contribution in [2.45, 2.75) is 70.0 Å². The first-order chi connectivity index (χ1) is 17.0. The van der Waals surface area contributed by atoms with Gasteiger partial charge in [0.05, 0.1) is 30.5 Å². The van der Waals surface area contributed by atoms with Crippen molar-refractivity contribution >= 4 is 12.1 Å². The lowest BCUT2D eigenvalue weighted by atomic mass is 9.62. The molecule has 1 amide bonds. The molecule has 2 saturated heterocycles. The monoisotopic (exact) mass is 501 g/mol. The summed E-state index contributed by atoms with van der Waals surface area (Å²) in [7, 11) is 3.48. The van der Waals surface area contributed by atoms with Gasteiger partial charge in [0.15, 0.2) is 0 Å². The Bertz CT molecular complexity index is 1100. The Hall–Kier alpha value is -2.94.